The molecule has 0 atom stereocenters. The lowest BCUT2D eigenvalue weighted by Crippen LogP contribution is -2.13. The number of nitrogens with zero attached hydrogens (tertiary/aromatic N) is 4. The fourth-order valence-electron chi connectivity index (χ4n) is 3.21. The molecule has 3 aromatic heterocycles. The molecule has 31 heavy (non-hydrogen) atoms. The maximum atomic E-state index is 12.7. The van der Waals surface area contributed by atoms with Gasteiger partial charge in [-0.2, -0.15) is 0 Å². The van der Waals surface area contributed by atoms with Crippen LogP contribution in [-0.2, 0) is 0 Å². The molecule has 0 radical (unpaired) electrons. The van der Waals surface area contributed by atoms with Gasteiger partial charge < -0.3 is 19.6 Å². The molecule has 158 valence electrons. The summed E-state index contributed by atoms with van der Waals surface area (Å²) in [5.41, 5.74) is 2.91. The third kappa shape index (κ3) is 4.48. The highest BCUT2D eigenvalue weighted by molar-refractivity contribution is 6.03. The molecule has 0 unspecified atom stereocenters. The van der Waals surface area contributed by atoms with Gasteiger partial charge in [-0.05, 0) is 74.9 Å². The number of anilines is 1. The zero-order chi connectivity index (χ0) is 21.8. The van der Waals surface area contributed by atoms with Gasteiger partial charge in [-0.1, -0.05) is 6.07 Å². The highest BCUT2D eigenvalue weighted by Gasteiger charge is 2.14. The Morgan fingerprint density at radius 2 is 1.94 bits per heavy atom. The van der Waals surface area contributed by atoms with Crippen molar-refractivity contribution in [1.82, 2.24) is 24.7 Å². The van der Waals surface area contributed by atoms with E-state index in [1.165, 1.54) is 0 Å². The monoisotopic (exact) mass is 416 g/mol. The van der Waals surface area contributed by atoms with Gasteiger partial charge in [0.25, 0.3) is 5.91 Å². The summed E-state index contributed by atoms with van der Waals surface area (Å²) in [5.74, 6) is 1.64. The Labute approximate surface area is 180 Å². The van der Waals surface area contributed by atoms with Crippen LogP contribution in [-0.4, -0.2) is 37.2 Å². The summed E-state index contributed by atoms with van der Waals surface area (Å²) >= 11 is 0. The van der Waals surface area contributed by atoms with Gasteiger partial charge in [-0.25, -0.2) is 4.98 Å². The molecule has 1 aromatic carbocycles. The number of ether oxygens (including phenoxy) is 1. The molecule has 0 saturated heterocycles. The Hall–Kier alpha value is -3.94. The number of aromatic amines is 1. The predicted molar refractivity (Wildman–Crippen MR) is 119 cm³/mol. The number of carbonyl (C=O) groups is 1. The molecule has 1 amide bonds. The van der Waals surface area contributed by atoms with Gasteiger partial charge in [0, 0.05) is 11.7 Å². The molecule has 0 saturated carbocycles. The predicted octanol–water partition coefficient (Wildman–Crippen LogP) is 4.57. The number of nitrogens with one attached hydrogen (secondary N) is 2. The van der Waals surface area contributed by atoms with Crippen molar-refractivity contribution in [3.63, 3.8) is 0 Å². The van der Waals surface area contributed by atoms with Crippen LogP contribution in [0.4, 0.5) is 5.82 Å². The van der Waals surface area contributed by atoms with Crippen molar-refractivity contribution in [2.75, 3.05) is 11.9 Å². The normalized spacial score (nSPS) is 11.0. The standard InChI is InChI=1S/C23H24N6O2/c1-4-31-17-10-8-16(9-11-17)18-12-13-20(25-18)23(30)27-21-7-5-6-19(26-21)22-28-24-14-29(22)15(2)3/h5-15,25H,4H2,1-3H3,(H,26,27,30). The number of carbonyl (C=O) groups excluding carboxylic acids is 1. The van der Waals surface area contributed by atoms with Crippen LogP contribution >= 0.6 is 0 Å². The van der Waals surface area contributed by atoms with E-state index in [-0.39, 0.29) is 11.9 Å². The van der Waals surface area contributed by atoms with E-state index in [9.17, 15) is 4.79 Å². The van der Waals surface area contributed by atoms with Crippen LogP contribution in [0.25, 0.3) is 22.8 Å². The summed E-state index contributed by atoms with van der Waals surface area (Å²) in [5, 5.41) is 11.0. The van der Waals surface area contributed by atoms with Gasteiger partial charge in [0.15, 0.2) is 5.82 Å². The van der Waals surface area contributed by atoms with Gasteiger partial charge >= 0.3 is 0 Å². The number of hydrogen-bond acceptors (Lipinski definition) is 5. The SMILES string of the molecule is CCOc1ccc(-c2ccc(C(=O)Nc3cccc(-c4nncn4C(C)C)n3)[nH]2)cc1. The first-order chi connectivity index (χ1) is 15.0. The van der Waals surface area contributed by atoms with Gasteiger partial charge in [-0.3, -0.25) is 4.79 Å². The number of rotatable bonds is 7. The smallest absolute Gasteiger partial charge is 0.273 e. The summed E-state index contributed by atoms with van der Waals surface area (Å²) in [6, 6.07) is 17.0. The van der Waals surface area contributed by atoms with Crippen molar-refractivity contribution in [3.8, 4) is 28.5 Å². The van der Waals surface area contributed by atoms with Gasteiger partial charge in [0.2, 0.25) is 0 Å². The van der Waals surface area contributed by atoms with Crippen LogP contribution in [0.1, 0.15) is 37.3 Å². The quantitative estimate of drug-likeness (QED) is 0.460. The lowest BCUT2D eigenvalue weighted by molar-refractivity contribution is 0.102. The maximum Gasteiger partial charge on any atom is 0.273 e. The van der Waals surface area contributed by atoms with E-state index in [1.54, 1.807) is 18.5 Å². The molecule has 0 spiro atoms. The Morgan fingerprint density at radius 1 is 1.13 bits per heavy atom. The lowest BCUT2D eigenvalue weighted by atomic mass is 10.1. The summed E-state index contributed by atoms with van der Waals surface area (Å²) in [7, 11) is 0. The zero-order valence-corrected chi connectivity index (χ0v) is 17.7. The van der Waals surface area contributed by atoms with Gasteiger partial charge in [-0.15, -0.1) is 10.2 Å². The zero-order valence-electron chi connectivity index (χ0n) is 17.7. The number of amides is 1. The number of pyridine rings is 1. The van der Waals surface area contributed by atoms with E-state index in [1.807, 2.05) is 67.8 Å². The first-order valence-electron chi connectivity index (χ1n) is 10.2. The van der Waals surface area contributed by atoms with E-state index in [0.717, 1.165) is 17.0 Å². The van der Waals surface area contributed by atoms with Crippen LogP contribution in [0, 0.1) is 0 Å². The molecule has 0 aliphatic rings. The van der Waals surface area contributed by atoms with Crippen molar-refractivity contribution < 1.29 is 9.53 Å². The molecule has 4 aromatic rings. The minimum atomic E-state index is -0.271. The highest BCUT2D eigenvalue weighted by Crippen LogP contribution is 2.23. The molecule has 8 nitrogen and oxygen atoms in total. The lowest BCUT2D eigenvalue weighted by Gasteiger charge is -2.10. The van der Waals surface area contributed by atoms with Crippen LogP contribution < -0.4 is 10.1 Å². The molecule has 0 aliphatic carbocycles. The molecular weight excluding hydrogens is 392 g/mol. The maximum absolute atomic E-state index is 12.7. The van der Waals surface area contributed by atoms with Crippen molar-refractivity contribution in [2.24, 2.45) is 0 Å². The minimum Gasteiger partial charge on any atom is -0.494 e. The Kier molecular flexibility index (Phi) is 5.79. The summed E-state index contributed by atoms with van der Waals surface area (Å²) in [6.45, 7) is 6.66. The van der Waals surface area contributed by atoms with Crippen molar-refractivity contribution >= 4 is 11.7 Å². The fraction of sp³-hybridized carbons (Fsp3) is 0.217. The Bertz CT molecular complexity index is 1180. The molecule has 0 bridgehead atoms. The second-order valence-electron chi connectivity index (χ2n) is 7.26. The molecular formula is C23H24N6O2. The van der Waals surface area contributed by atoms with Crippen molar-refractivity contribution in [2.45, 2.75) is 26.8 Å². The minimum absolute atomic E-state index is 0.199. The highest BCUT2D eigenvalue weighted by atomic mass is 16.5. The van der Waals surface area contributed by atoms with Crippen molar-refractivity contribution in [1.29, 1.82) is 0 Å². The molecule has 0 aliphatic heterocycles. The fourth-order valence-corrected chi connectivity index (χ4v) is 3.21. The van der Waals surface area contributed by atoms with E-state index in [4.69, 9.17) is 4.74 Å². The van der Waals surface area contributed by atoms with E-state index in [0.29, 0.717) is 29.6 Å². The van der Waals surface area contributed by atoms with Crippen LogP contribution in [0.15, 0.2) is 60.9 Å². The molecule has 4 rings (SSSR count). The average molecular weight is 416 g/mol. The summed E-state index contributed by atoms with van der Waals surface area (Å²) in [6.07, 6.45) is 1.67. The molecule has 3 heterocycles. The van der Waals surface area contributed by atoms with E-state index in [2.05, 4.69) is 25.5 Å². The first kappa shape index (κ1) is 20.3. The van der Waals surface area contributed by atoms with Crippen LogP contribution in [0.2, 0.25) is 0 Å². The third-order valence-electron chi connectivity index (χ3n) is 4.76. The second kappa shape index (κ2) is 8.83. The second-order valence-corrected chi connectivity index (χ2v) is 7.26. The Morgan fingerprint density at radius 3 is 2.68 bits per heavy atom. The number of benzene rings is 1. The topological polar surface area (TPSA) is 97.7 Å². The first-order valence-corrected chi connectivity index (χ1v) is 10.2. The van der Waals surface area contributed by atoms with Gasteiger partial charge in [0.1, 0.15) is 29.3 Å². The summed E-state index contributed by atoms with van der Waals surface area (Å²) < 4.78 is 7.40. The van der Waals surface area contributed by atoms with E-state index < -0.39 is 0 Å². The number of hydrogen-bond donors (Lipinski definition) is 2. The van der Waals surface area contributed by atoms with Crippen LogP contribution in [0.5, 0.6) is 5.75 Å². The number of H-pyrrole nitrogens is 1. The van der Waals surface area contributed by atoms with Crippen molar-refractivity contribution in [3.05, 3.63) is 66.6 Å². The van der Waals surface area contributed by atoms with Gasteiger partial charge in [0.05, 0.1) is 6.61 Å². The Balaban J connectivity index is 1.50. The summed E-state index contributed by atoms with van der Waals surface area (Å²) in [4.78, 5) is 20.4. The molecule has 8 heteroatoms. The largest absolute Gasteiger partial charge is 0.494 e. The van der Waals surface area contributed by atoms with E-state index >= 15 is 0 Å². The van der Waals surface area contributed by atoms with Crippen LogP contribution in [0.3, 0.4) is 0 Å². The molecule has 0 fully saturated rings. The third-order valence-corrected chi connectivity index (χ3v) is 4.76. The number of aromatic nitrogens is 5. The molecule has 2 N–H and O–H groups in total. The average Bonchev–Trinajstić information content (AvgIpc) is 3.45.